The number of nitrogens with zero attached hydrogens (tertiary/aromatic N) is 6. The van der Waals surface area contributed by atoms with Crippen LogP contribution in [0.4, 0.5) is 23.0 Å². The molecular formula is C33H36N8O2S. The highest BCUT2D eigenvalue weighted by Crippen LogP contribution is 2.35. The topological polar surface area (TPSA) is 99.9 Å². The van der Waals surface area contributed by atoms with E-state index in [-0.39, 0.29) is 5.91 Å². The number of amides is 1. The Morgan fingerprint density at radius 3 is 2.61 bits per heavy atom. The lowest BCUT2D eigenvalue weighted by Gasteiger charge is -2.28. The van der Waals surface area contributed by atoms with Gasteiger partial charge in [0.2, 0.25) is 11.9 Å². The number of nitrogens with one attached hydrogen (secondary N) is 2. The van der Waals surface area contributed by atoms with Crippen LogP contribution in [-0.2, 0) is 9.53 Å². The number of anilines is 4. The summed E-state index contributed by atoms with van der Waals surface area (Å²) in [5.74, 6) is 0.538. The standard InChI is InChI=1S/C33H36N8O2S/c42-29(12-16-39-14-2-1-3-15-39)35-26-6-4-5-24(23-26)30-31(41-19-22-44-33(41)38-30)28-11-13-34-32(37-28)36-25-7-9-27(10-8-25)40-17-20-43-21-18-40/h4-11,13,19,22-23H,1-3,12,14-18,20-21H2,(H,35,42)(H,34,36,37). The van der Waals surface area contributed by atoms with E-state index >= 15 is 0 Å². The minimum atomic E-state index is 0.0308. The summed E-state index contributed by atoms with van der Waals surface area (Å²) in [4.78, 5) is 32.7. The molecule has 44 heavy (non-hydrogen) atoms. The van der Waals surface area contributed by atoms with Crippen LogP contribution in [0.25, 0.3) is 27.6 Å². The zero-order valence-electron chi connectivity index (χ0n) is 24.6. The second kappa shape index (κ2) is 13.1. The van der Waals surface area contributed by atoms with E-state index in [0.717, 1.165) is 84.9 Å². The Kier molecular flexibility index (Phi) is 8.49. The minimum absolute atomic E-state index is 0.0308. The van der Waals surface area contributed by atoms with Gasteiger partial charge in [-0.15, -0.1) is 11.3 Å². The summed E-state index contributed by atoms with van der Waals surface area (Å²) >= 11 is 1.57. The number of hydrogen-bond donors (Lipinski definition) is 2. The third-order valence-corrected chi connectivity index (χ3v) is 8.94. The van der Waals surface area contributed by atoms with Gasteiger partial charge in [0.1, 0.15) is 5.69 Å². The van der Waals surface area contributed by atoms with Crippen LogP contribution < -0.4 is 15.5 Å². The predicted molar refractivity (Wildman–Crippen MR) is 176 cm³/mol. The maximum atomic E-state index is 12.8. The number of likely N-dealkylation sites (tertiary alicyclic amines) is 1. The van der Waals surface area contributed by atoms with E-state index in [2.05, 4.69) is 54.1 Å². The van der Waals surface area contributed by atoms with E-state index in [4.69, 9.17) is 14.7 Å². The number of carbonyl (C=O) groups excluding carboxylic acids is 1. The summed E-state index contributed by atoms with van der Waals surface area (Å²) in [6, 6.07) is 18.1. The first kappa shape index (κ1) is 28.5. The molecule has 11 heteroatoms. The first-order chi connectivity index (χ1) is 21.7. The second-order valence-electron chi connectivity index (χ2n) is 11.2. The van der Waals surface area contributed by atoms with Crippen molar-refractivity contribution in [2.24, 2.45) is 0 Å². The molecule has 7 rings (SSSR count). The summed E-state index contributed by atoms with van der Waals surface area (Å²) in [5.41, 5.74) is 6.21. The summed E-state index contributed by atoms with van der Waals surface area (Å²) in [6.45, 7) is 6.29. The van der Waals surface area contributed by atoms with Gasteiger partial charge < -0.3 is 25.2 Å². The number of carbonyl (C=O) groups is 1. The molecule has 5 heterocycles. The summed E-state index contributed by atoms with van der Waals surface area (Å²) in [7, 11) is 0. The highest BCUT2D eigenvalue weighted by Gasteiger charge is 2.20. The molecule has 226 valence electrons. The Morgan fingerprint density at radius 1 is 0.932 bits per heavy atom. The van der Waals surface area contributed by atoms with E-state index < -0.39 is 0 Å². The molecule has 0 saturated carbocycles. The maximum absolute atomic E-state index is 12.8. The number of morpholine rings is 1. The Bertz CT molecular complexity index is 1720. The molecule has 0 spiro atoms. The van der Waals surface area contributed by atoms with Crippen LogP contribution >= 0.6 is 11.3 Å². The van der Waals surface area contributed by atoms with Gasteiger partial charge >= 0.3 is 0 Å². The van der Waals surface area contributed by atoms with E-state index in [1.54, 1.807) is 17.5 Å². The lowest BCUT2D eigenvalue weighted by Crippen LogP contribution is -2.36. The van der Waals surface area contributed by atoms with Crippen LogP contribution in [-0.4, -0.2) is 76.1 Å². The van der Waals surface area contributed by atoms with Gasteiger partial charge in [0, 0.05) is 66.5 Å². The first-order valence-corrected chi connectivity index (χ1v) is 16.2. The molecule has 10 nitrogen and oxygen atoms in total. The summed E-state index contributed by atoms with van der Waals surface area (Å²) < 4.78 is 7.54. The fourth-order valence-corrected chi connectivity index (χ4v) is 6.61. The van der Waals surface area contributed by atoms with Crippen LogP contribution in [0.2, 0.25) is 0 Å². The van der Waals surface area contributed by atoms with Crippen LogP contribution in [0.15, 0.2) is 72.4 Å². The van der Waals surface area contributed by atoms with Crippen LogP contribution in [0.1, 0.15) is 25.7 Å². The van der Waals surface area contributed by atoms with E-state index in [9.17, 15) is 4.79 Å². The molecule has 3 aromatic heterocycles. The van der Waals surface area contributed by atoms with Crippen molar-refractivity contribution in [3.05, 3.63) is 72.4 Å². The zero-order valence-corrected chi connectivity index (χ0v) is 25.4. The smallest absolute Gasteiger partial charge is 0.227 e. The fourth-order valence-electron chi connectivity index (χ4n) is 5.90. The third kappa shape index (κ3) is 6.45. The number of thiazole rings is 1. The van der Waals surface area contributed by atoms with Gasteiger partial charge in [0.05, 0.1) is 24.6 Å². The van der Waals surface area contributed by atoms with Gasteiger partial charge in [-0.1, -0.05) is 18.6 Å². The van der Waals surface area contributed by atoms with E-state index in [0.29, 0.717) is 12.4 Å². The van der Waals surface area contributed by atoms with Crippen molar-refractivity contribution in [3.63, 3.8) is 0 Å². The van der Waals surface area contributed by atoms with Crippen molar-refractivity contribution < 1.29 is 9.53 Å². The number of hydrogen-bond acceptors (Lipinski definition) is 9. The number of fused-ring (bicyclic) bond motifs is 1. The third-order valence-electron chi connectivity index (χ3n) is 8.18. The Morgan fingerprint density at radius 2 is 1.77 bits per heavy atom. The lowest BCUT2D eigenvalue weighted by atomic mass is 10.1. The second-order valence-corrected chi connectivity index (χ2v) is 12.1. The molecule has 0 atom stereocenters. The molecule has 0 unspecified atom stereocenters. The first-order valence-electron chi connectivity index (χ1n) is 15.3. The van der Waals surface area contributed by atoms with Crippen molar-refractivity contribution >= 4 is 45.2 Å². The predicted octanol–water partition coefficient (Wildman–Crippen LogP) is 5.91. The molecule has 2 aromatic carbocycles. The highest BCUT2D eigenvalue weighted by molar-refractivity contribution is 7.15. The van der Waals surface area contributed by atoms with Gasteiger partial charge in [0.25, 0.3) is 0 Å². The molecule has 2 saturated heterocycles. The average Bonchev–Trinajstić information content (AvgIpc) is 3.67. The normalized spacial score (nSPS) is 15.9. The Hall–Kier alpha value is -4.32. The van der Waals surface area contributed by atoms with Crippen molar-refractivity contribution in [2.45, 2.75) is 25.7 Å². The minimum Gasteiger partial charge on any atom is -0.378 e. The molecule has 0 bridgehead atoms. The van der Waals surface area contributed by atoms with Gasteiger partial charge in [-0.25, -0.2) is 15.0 Å². The van der Waals surface area contributed by atoms with Crippen molar-refractivity contribution in [1.82, 2.24) is 24.3 Å². The van der Waals surface area contributed by atoms with Gasteiger partial charge in [-0.2, -0.15) is 0 Å². The number of aromatic nitrogens is 4. The highest BCUT2D eigenvalue weighted by atomic mass is 32.1. The molecule has 5 aromatic rings. The molecular weight excluding hydrogens is 572 g/mol. The lowest BCUT2D eigenvalue weighted by molar-refractivity contribution is -0.116. The van der Waals surface area contributed by atoms with Crippen LogP contribution in [0, 0.1) is 0 Å². The largest absolute Gasteiger partial charge is 0.378 e. The van der Waals surface area contributed by atoms with Crippen molar-refractivity contribution in [3.8, 4) is 22.6 Å². The monoisotopic (exact) mass is 608 g/mol. The van der Waals surface area contributed by atoms with E-state index in [1.807, 2.05) is 41.9 Å². The number of rotatable bonds is 9. The number of imidazole rings is 1. The summed E-state index contributed by atoms with van der Waals surface area (Å²) in [6.07, 6.45) is 8.00. The fraction of sp³-hybridized carbons (Fsp3) is 0.333. The van der Waals surface area contributed by atoms with Gasteiger partial charge in [-0.3, -0.25) is 9.20 Å². The number of benzene rings is 2. The maximum Gasteiger partial charge on any atom is 0.227 e. The van der Waals surface area contributed by atoms with E-state index in [1.165, 1.54) is 24.9 Å². The van der Waals surface area contributed by atoms with Crippen LogP contribution in [0.5, 0.6) is 0 Å². The Balaban J connectivity index is 1.10. The Labute approximate surface area is 260 Å². The van der Waals surface area contributed by atoms with Gasteiger partial charge in [0.15, 0.2) is 4.96 Å². The molecule has 2 N–H and O–H groups in total. The van der Waals surface area contributed by atoms with Crippen LogP contribution in [0.3, 0.4) is 0 Å². The molecule has 2 fully saturated rings. The number of ether oxygens (including phenoxy) is 1. The molecule has 2 aliphatic heterocycles. The molecule has 1 amide bonds. The zero-order chi connectivity index (χ0) is 29.7. The molecule has 2 aliphatic rings. The number of piperidine rings is 1. The van der Waals surface area contributed by atoms with Crippen molar-refractivity contribution in [2.75, 3.05) is 61.5 Å². The van der Waals surface area contributed by atoms with Crippen molar-refractivity contribution in [1.29, 1.82) is 0 Å². The SMILES string of the molecule is O=C(CCN1CCCCC1)Nc1cccc(-c2nc3sccn3c2-c2ccnc(Nc3ccc(N4CCOCC4)cc3)n2)c1. The average molecular weight is 609 g/mol. The molecule has 0 radical (unpaired) electrons. The molecule has 0 aliphatic carbocycles. The van der Waals surface area contributed by atoms with Gasteiger partial charge in [-0.05, 0) is 68.4 Å². The quantitative estimate of drug-likeness (QED) is 0.213. The summed E-state index contributed by atoms with van der Waals surface area (Å²) in [5, 5.41) is 8.48.